The van der Waals surface area contributed by atoms with Gasteiger partial charge in [0, 0.05) is 31.7 Å². The number of ketones is 1. The van der Waals surface area contributed by atoms with Gasteiger partial charge in [0.25, 0.3) is 5.91 Å². The van der Waals surface area contributed by atoms with E-state index >= 15 is 0 Å². The van der Waals surface area contributed by atoms with Crippen LogP contribution in [0.15, 0.2) is 36.4 Å². The minimum absolute atomic E-state index is 0.143. The Morgan fingerprint density at radius 1 is 1.10 bits per heavy atom. The van der Waals surface area contributed by atoms with Crippen molar-refractivity contribution in [1.29, 1.82) is 0 Å². The number of hydrogen-bond donors (Lipinski definition) is 3. The van der Waals surface area contributed by atoms with Crippen LogP contribution in [0.2, 0.25) is 0 Å². The zero-order chi connectivity index (χ0) is 15.0. The number of aliphatic hydroxyl groups excluding tert-OH is 1. The first-order valence-electron chi connectivity index (χ1n) is 6.03. The van der Waals surface area contributed by atoms with Gasteiger partial charge >= 0.3 is 0 Å². The monoisotopic (exact) mass is 276 g/mol. The van der Waals surface area contributed by atoms with Crippen LogP contribution in [0.1, 0.15) is 12.5 Å². The Kier molecular flexibility index (Phi) is 5.96. The quantitative estimate of drug-likeness (QED) is 0.303. The molecule has 0 saturated carbocycles. The molecule has 2 amide bonds. The number of carbonyl (C=O) groups excluding carboxylic acids is 3. The Balaban J connectivity index is 2.49. The highest BCUT2D eigenvalue weighted by Gasteiger charge is 2.12. The van der Waals surface area contributed by atoms with Crippen molar-refractivity contribution < 1.29 is 19.5 Å². The highest BCUT2D eigenvalue weighted by atomic mass is 16.3. The SMILES string of the molecule is CC(=O)NCCNC(=O)C(=O)/C=C(\O)c1ccccc1. The second kappa shape index (κ2) is 7.73. The van der Waals surface area contributed by atoms with Gasteiger partial charge in [-0.1, -0.05) is 30.3 Å². The van der Waals surface area contributed by atoms with Crippen molar-refractivity contribution in [1.82, 2.24) is 10.6 Å². The molecule has 0 spiro atoms. The van der Waals surface area contributed by atoms with E-state index in [-0.39, 0.29) is 24.8 Å². The normalized spacial score (nSPS) is 10.8. The van der Waals surface area contributed by atoms with Crippen LogP contribution < -0.4 is 10.6 Å². The molecule has 6 heteroatoms. The molecule has 0 aliphatic heterocycles. The summed E-state index contributed by atoms with van der Waals surface area (Å²) in [5.41, 5.74) is 0.451. The van der Waals surface area contributed by atoms with Gasteiger partial charge in [0.05, 0.1) is 0 Å². The molecule has 0 unspecified atom stereocenters. The third-order valence-corrected chi connectivity index (χ3v) is 2.35. The van der Waals surface area contributed by atoms with Gasteiger partial charge in [-0.05, 0) is 0 Å². The van der Waals surface area contributed by atoms with Crippen molar-refractivity contribution in [2.24, 2.45) is 0 Å². The molecular weight excluding hydrogens is 260 g/mol. The molecule has 20 heavy (non-hydrogen) atoms. The van der Waals surface area contributed by atoms with Crippen LogP contribution in [0, 0.1) is 0 Å². The van der Waals surface area contributed by atoms with Gasteiger partial charge in [-0.2, -0.15) is 0 Å². The summed E-state index contributed by atoms with van der Waals surface area (Å²) in [6.45, 7) is 1.74. The fourth-order valence-electron chi connectivity index (χ4n) is 1.38. The smallest absolute Gasteiger partial charge is 0.291 e. The Hall–Kier alpha value is -2.63. The van der Waals surface area contributed by atoms with E-state index in [1.165, 1.54) is 6.92 Å². The summed E-state index contributed by atoms with van der Waals surface area (Å²) in [6.07, 6.45) is 0.864. The molecular formula is C14H16N2O4. The van der Waals surface area contributed by atoms with E-state index in [9.17, 15) is 19.5 Å². The summed E-state index contributed by atoms with van der Waals surface area (Å²) >= 11 is 0. The largest absolute Gasteiger partial charge is 0.507 e. The topological polar surface area (TPSA) is 95.5 Å². The van der Waals surface area contributed by atoms with Crippen LogP contribution in [0.25, 0.3) is 5.76 Å². The Bertz CT molecular complexity index is 523. The molecule has 0 atom stereocenters. The van der Waals surface area contributed by atoms with Crippen molar-refractivity contribution in [2.45, 2.75) is 6.92 Å². The molecule has 106 valence electrons. The first kappa shape index (κ1) is 15.4. The minimum Gasteiger partial charge on any atom is -0.507 e. The number of hydrogen-bond acceptors (Lipinski definition) is 4. The van der Waals surface area contributed by atoms with E-state index < -0.39 is 11.7 Å². The van der Waals surface area contributed by atoms with Crippen molar-refractivity contribution in [3.05, 3.63) is 42.0 Å². The maximum Gasteiger partial charge on any atom is 0.291 e. The molecule has 0 radical (unpaired) electrons. The van der Waals surface area contributed by atoms with Crippen LogP contribution >= 0.6 is 0 Å². The second-order valence-corrected chi connectivity index (χ2v) is 4.00. The molecule has 0 aromatic heterocycles. The van der Waals surface area contributed by atoms with Crippen molar-refractivity contribution in [2.75, 3.05) is 13.1 Å². The molecule has 0 saturated heterocycles. The van der Waals surface area contributed by atoms with Gasteiger partial charge in [-0.15, -0.1) is 0 Å². The fraction of sp³-hybridized carbons (Fsp3) is 0.214. The van der Waals surface area contributed by atoms with Gasteiger partial charge in [0.15, 0.2) is 0 Å². The predicted octanol–water partition coefficient (Wildman–Crippen LogP) is 0.407. The van der Waals surface area contributed by atoms with Crippen LogP contribution in [0.4, 0.5) is 0 Å². The zero-order valence-electron chi connectivity index (χ0n) is 11.1. The second-order valence-electron chi connectivity index (χ2n) is 4.00. The maximum atomic E-state index is 11.5. The highest BCUT2D eigenvalue weighted by molar-refractivity contribution is 6.41. The lowest BCUT2D eigenvalue weighted by Crippen LogP contribution is -2.36. The minimum atomic E-state index is -0.853. The average Bonchev–Trinajstić information content (AvgIpc) is 2.44. The lowest BCUT2D eigenvalue weighted by Gasteiger charge is -2.04. The van der Waals surface area contributed by atoms with Gasteiger partial charge in [-0.25, -0.2) is 0 Å². The first-order chi connectivity index (χ1) is 9.50. The van der Waals surface area contributed by atoms with E-state index in [1.54, 1.807) is 30.3 Å². The van der Waals surface area contributed by atoms with E-state index in [0.717, 1.165) is 6.08 Å². The summed E-state index contributed by atoms with van der Waals surface area (Å²) < 4.78 is 0. The van der Waals surface area contributed by atoms with Crippen molar-refractivity contribution in [3.8, 4) is 0 Å². The highest BCUT2D eigenvalue weighted by Crippen LogP contribution is 2.09. The van der Waals surface area contributed by atoms with Gasteiger partial charge in [0.2, 0.25) is 11.7 Å². The standard InChI is InChI=1S/C14H16N2O4/c1-10(17)15-7-8-16-14(20)13(19)9-12(18)11-5-3-2-4-6-11/h2-6,9,18H,7-8H2,1H3,(H,15,17)(H,16,20)/b12-9-. The summed E-state index contributed by atoms with van der Waals surface area (Å²) in [4.78, 5) is 33.5. The molecule has 3 N–H and O–H groups in total. The number of benzene rings is 1. The van der Waals surface area contributed by atoms with E-state index in [2.05, 4.69) is 10.6 Å². The Morgan fingerprint density at radius 3 is 2.30 bits per heavy atom. The Morgan fingerprint density at radius 2 is 1.70 bits per heavy atom. The fourth-order valence-corrected chi connectivity index (χ4v) is 1.38. The number of carbonyl (C=O) groups is 3. The molecule has 0 bridgehead atoms. The number of amides is 2. The van der Waals surface area contributed by atoms with Gasteiger partial charge < -0.3 is 15.7 Å². The van der Waals surface area contributed by atoms with Gasteiger partial charge in [0.1, 0.15) is 5.76 Å². The lowest BCUT2D eigenvalue weighted by atomic mass is 10.1. The van der Waals surface area contributed by atoms with E-state index in [4.69, 9.17) is 0 Å². The maximum absolute atomic E-state index is 11.5. The van der Waals surface area contributed by atoms with E-state index in [0.29, 0.717) is 5.56 Å². The molecule has 1 aromatic rings. The predicted molar refractivity (Wildman–Crippen MR) is 73.7 cm³/mol. The zero-order valence-corrected chi connectivity index (χ0v) is 11.1. The molecule has 1 rings (SSSR count). The summed E-state index contributed by atoms with van der Waals surface area (Å²) in [7, 11) is 0. The molecule has 0 aliphatic carbocycles. The molecule has 0 aliphatic rings. The first-order valence-corrected chi connectivity index (χ1v) is 6.03. The van der Waals surface area contributed by atoms with Gasteiger partial charge in [-0.3, -0.25) is 14.4 Å². The molecule has 6 nitrogen and oxygen atoms in total. The third-order valence-electron chi connectivity index (χ3n) is 2.35. The Labute approximate surface area is 116 Å². The molecule has 0 heterocycles. The van der Waals surface area contributed by atoms with Crippen LogP contribution in [0.5, 0.6) is 0 Å². The number of aliphatic hydroxyl groups is 1. The summed E-state index contributed by atoms with van der Waals surface area (Å²) in [5, 5.41) is 14.5. The van der Waals surface area contributed by atoms with Crippen molar-refractivity contribution in [3.63, 3.8) is 0 Å². The van der Waals surface area contributed by atoms with Crippen LogP contribution in [0.3, 0.4) is 0 Å². The van der Waals surface area contributed by atoms with Crippen molar-refractivity contribution >= 4 is 23.4 Å². The average molecular weight is 276 g/mol. The number of rotatable bonds is 6. The number of nitrogens with one attached hydrogen (secondary N) is 2. The summed E-state index contributed by atoms with van der Waals surface area (Å²) in [5.74, 6) is -2.17. The third kappa shape index (κ3) is 5.34. The summed E-state index contributed by atoms with van der Waals surface area (Å²) in [6, 6.07) is 8.42. The lowest BCUT2D eigenvalue weighted by molar-refractivity contribution is -0.135. The van der Waals surface area contributed by atoms with Crippen LogP contribution in [-0.2, 0) is 14.4 Å². The van der Waals surface area contributed by atoms with E-state index in [1.807, 2.05) is 0 Å². The molecule has 0 fully saturated rings. The molecule has 1 aromatic carbocycles. The van der Waals surface area contributed by atoms with Crippen LogP contribution in [-0.4, -0.2) is 35.8 Å².